The van der Waals surface area contributed by atoms with Crippen molar-refractivity contribution in [1.82, 2.24) is 9.55 Å². The zero-order chi connectivity index (χ0) is 13.9. The van der Waals surface area contributed by atoms with E-state index in [1.54, 1.807) is 37.8 Å². The van der Waals surface area contributed by atoms with Crippen LogP contribution in [0.5, 0.6) is 5.75 Å². The molecule has 0 aliphatic heterocycles. The quantitative estimate of drug-likeness (QED) is 0.882. The molecule has 1 aromatic carbocycles. The van der Waals surface area contributed by atoms with E-state index in [1.165, 1.54) is 6.07 Å². The third-order valence-corrected chi connectivity index (χ3v) is 3.50. The second kappa shape index (κ2) is 5.41. The fourth-order valence-corrected chi connectivity index (χ4v) is 2.39. The Morgan fingerprint density at radius 1 is 1.42 bits per heavy atom. The highest BCUT2D eigenvalue weighted by atomic mass is 32.2. The molecule has 0 bridgehead atoms. The van der Waals surface area contributed by atoms with E-state index in [2.05, 4.69) is 4.98 Å². The Kier molecular flexibility index (Phi) is 3.87. The highest BCUT2D eigenvalue weighted by Gasteiger charge is 2.15. The van der Waals surface area contributed by atoms with Crippen LogP contribution in [-0.4, -0.2) is 24.6 Å². The van der Waals surface area contributed by atoms with Crippen molar-refractivity contribution < 1.29 is 13.2 Å². The summed E-state index contributed by atoms with van der Waals surface area (Å²) in [6, 6.07) is 4.89. The fourth-order valence-electron chi connectivity index (χ4n) is 1.64. The monoisotopic (exact) mass is 281 g/mol. The van der Waals surface area contributed by atoms with Crippen LogP contribution in [0.3, 0.4) is 0 Å². The summed E-state index contributed by atoms with van der Waals surface area (Å²) in [5.41, 5.74) is 0.811. The first-order valence-electron chi connectivity index (χ1n) is 5.69. The number of imidazole rings is 1. The topological polar surface area (TPSA) is 87.2 Å². The molecular weight excluding hydrogens is 266 g/mol. The van der Waals surface area contributed by atoms with Gasteiger partial charge in [0, 0.05) is 12.4 Å². The zero-order valence-corrected chi connectivity index (χ0v) is 11.3. The van der Waals surface area contributed by atoms with Crippen molar-refractivity contribution >= 4 is 10.0 Å². The van der Waals surface area contributed by atoms with Crippen molar-refractivity contribution in [2.24, 2.45) is 5.14 Å². The predicted molar refractivity (Wildman–Crippen MR) is 70.3 cm³/mol. The molecule has 7 heteroatoms. The van der Waals surface area contributed by atoms with Crippen molar-refractivity contribution in [2.75, 3.05) is 6.61 Å². The first kappa shape index (κ1) is 13.6. The summed E-state index contributed by atoms with van der Waals surface area (Å²) < 4.78 is 30.3. The van der Waals surface area contributed by atoms with Gasteiger partial charge in [-0.05, 0) is 24.6 Å². The molecule has 0 atom stereocenters. The molecule has 2 N–H and O–H groups in total. The Balaban J connectivity index is 2.12. The molecule has 0 unspecified atom stereocenters. The average Bonchev–Trinajstić information content (AvgIpc) is 2.83. The van der Waals surface area contributed by atoms with Crippen LogP contribution < -0.4 is 9.88 Å². The van der Waals surface area contributed by atoms with Crippen molar-refractivity contribution in [2.45, 2.75) is 18.4 Å². The lowest BCUT2D eigenvalue weighted by Gasteiger charge is -2.11. The van der Waals surface area contributed by atoms with Gasteiger partial charge in [-0.15, -0.1) is 0 Å². The standard InChI is InChI=1S/C12H15N3O3S/c1-10-2-3-11(12(8-10)19(13,16)17)18-7-6-15-5-4-14-9-15/h2-5,8-9H,6-7H2,1H3,(H2,13,16,17). The Morgan fingerprint density at radius 3 is 2.84 bits per heavy atom. The van der Waals surface area contributed by atoms with Crippen molar-refractivity contribution in [3.8, 4) is 5.75 Å². The number of hydrogen-bond acceptors (Lipinski definition) is 4. The number of sulfonamides is 1. The number of hydrogen-bond donors (Lipinski definition) is 1. The van der Waals surface area contributed by atoms with Gasteiger partial charge in [0.15, 0.2) is 0 Å². The van der Waals surface area contributed by atoms with Crippen LogP contribution >= 0.6 is 0 Å². The van der Waals surface area contributed by atoms with Gasteiger partial charge in [-0.2, -0.15) is 0 Å². The van der Waals surface area contributed by atoms with Gasteiger partial charge in [0.2, 0.25) is 10.0 Å². The largest absolute Gasteiger partial charge is 0.490 e. The molecular formula is C12H15N3O3S. The molecule has 0 radical (unpaired) electrons. The minimum absolute atomic E-state index is 0.0122. The molecule has 0 spiro atoms. The molecule has 0 aliphatic carbocycles. The van der Waals surface area contributed by atoms with Crippen LogP contribution in [0.4, 0.5) is 0 Å². The lowest BCUT2D eigenvalue weighted by Crippen LogP contribution is -2.15. The highest BCUT2D eigenvalue weighted by molar-refractivity contribution is 7.89. The van der Waals surface area contributed by atoms with E-state index in [9.17, 15) is 8.42 Å². The molecule has 1 heterocycles. The number of aryl methyl sites for hydroxylation is 1. The minimum Gasteiger partial charge on any atom is -0.490 e. The molecule has 2 rings (SSSR count). The van der Waals surface area contributed by atoms with Crippen LogP contribution in [0.25, 0.3) is 0 Å². The van der Waals surface area contributed by atoms with Gasteiger partial charge >= 0.3 is 0 Å². The summed E-state index contributed by atoms with van der Waals surface area (Å²) in [7, 11) is -3.78. The van der Waals surface area contributed by atoms with Gasteiger partial charge in [-0.25, -0.2) is 18.5 Å². The van der Waals surface area contributed by atoms with Crippen LogP contribution in [0.2, 0.25) is 0 Å². The van der Waals surface area contributed by atoms with E-state index in [0.29, 0.717) is 13.2 Å². The summed E-state index contributed by atoms with van der Waals surface area (Å²) in [5.74, 6) is 0.271. The van der Waals surface area contributed by atoms with Gasteiger partial charge in [-0.3, -0.25) is 0 Å². The lowest BCUT2D eigenvalue weighted by atomic mass is 10.2. The number of benzene rings is 1. The Morgan fingerprint density at radius 2 is 2.21 bits per heavy atom. The maximum Gasteiger partial charge on any atom is 0.241 e. The molecule has 0 saturated carbocycles. The number of primary sulfonamides is 1. The first-order valence-corrected chi connectivity index (χ1v) is 7.23. The summed E-state index contributed by atoms with van der Waals surface area (Å²) in [4.78, 5) is 3.92. The normalized spacial score (nSPS) is 11.5. The molecule has 0 fully saturated rings. The first-order chi connectivity index (χ1) is 8.97. The van der Waals surface area contributed by atoms with Crippen LogP contribution in [0, 0.1) is 6.92 Å². The molecule has 0 amide bonds. The fraction of sp³-hybridized carbons (Fsp3) is 0.250. The Bertz CT molecular complexity index is 651. The number of ether oxygens (including phenoxy) is 1. The van der Waals surface area contributed by atoms with E-state index in [-0.39, 0.29) is 10.6 Å². The van der Waals surface area contributed by atoms with Gasteiger partial charge in [0.25, 0.3) is 0 Å². The SMILES string of the molecule is Cc1ccc(OCCn2ccnc2)c(S(N)(=O)=O)c1. The van der Waals surface area contributed by atoms with Crippen LogP contribution in [0.1, 0.15) is 5.56 Å². The average molecular weight is 281 g/mol. The second-order valence-electron chi connectivity index (χ2n) is 4.14. The zero-order valence-electron chi connectivity index (χ0n) is 10.5. The molecule has 1 aromatic heterocycles. The maximum atomic E-state index is 11.5. The van der Waals surface area contributed by atoms with Crippen LogP contribution in [0.15, 0.2) is 41.8 Å². The number of aromatic nitrogens is 2. The predicted octanol–water partition coefficient (Wildman–Crippen LogP) is 0.918. The maximum absolute atomic E-state index is 11.5. The molecule has 0 saturated heterocycles. The van der Waals surface area contributed by atoms with E-state index in [0.717, 1.165) is 5.56 Å². The van der Waals surface area contributed by atoms with Crippen molar-refractivity contribution in [3.05, 3.63) is 42.5 Å². The molecule has 102 valence electrons. The van der Waals surface area contributed by atoms with E-state index in [1.807, 2.05) is 4.57 Å². The van der Waals surface area contributed by atoms with Crippen molar-refractivity contribution in [3.63, 3.8) is 0 Å². The second-order valence-corrected chi connectivity index (χ2v) is 5.67. The Labute approximate surface area is 111 Å². The summed E-state index contributed by atoms with van der Waals surface area (Å²) in [5, 5.41) is 5.17. The van der Waals surface area contributed by atoms with Crippen molar-refractivity contribution in [1.29, 1.82) is 0 Å². The third-order valence-electron chi connectivity index (χ3n) is 2.57. The van der Waals surface area contributed by atoms with Crippen LogP contribution in [-0.2, 0) is 16.6 Å². The van der Waals surface area contributed by atoms with Gasteiger partial charge < -0.3 is 9.30 Å². The lowest BCUT2D eigenvalue weighted by molar-refractivity contribution is 0.291. The molecule has 0 aliphatic rings. The number of nitrogens with two attached hydrogens (primary N) is 1. The summed E-state index contributed by atoms with van der Waals surface area (Å²) in [6.45, 7) is 2.71. The molecule has 2 aromatic rings. The third kappa shape index (κ3) is 3.55. The van der Waals surface area contributed by atoms with E-state index < -0.39 is 10.0 Å². The van der Waals surface area contributed by atoms with Gasteiger partial charge in [-0.1, -0.05) is 6.07 Å². The minimum atomic E-state index is -3.78. The molecule has 19 heavy (non-hydrogen) atoms. The molecule has 6 nitrogen and oxygen atoms in total. The highest BCUT2D eigenvalue weighted by Crippen LogP contribution is 2.23. The number of nitrogens with zero attached hydrogens (tertiary/aromatic N) is 2. The van der Waals surface area contributed by atoms with Gasteiger partial charge in [0.05, 0.1) is 12.9 Å². The van der Waals surface area contributed by atoms with E-state index >= 15 is 0 Å². The summed E-state index contributed by atoms with van der Waals surface area (Å²) in [6.07, 6.45) is 5.14. The smallest absolute Gasteiger partial charge is 0.241 e. The van der Waals surface area contributed by atoms with Gasteiger partial charge in [0.1, 0.15) is 17.3 Å². The van der Waals surface area contributed by atoms with E-state index in [4.69, 9.17) is 9.88 Å². The Hall–Kier alpha value is -1.86. The number of rotatable bonds is 5. The summed E-state index contributed by atoms with van der Waals surface area (Å²) >= 11 is 0.